The molecule has 2 aromatic rings. The highest BCUT2D eigenvalue weighted by Gasteiger charge is 2.13. The highest BCUT2D eigenvalue weighted by molar-refractivity contribution is 7.16. The molecular formula is C11H11ClN2O2S2. The number of carboxylic acid groups (broad SMARTS) is 1. The van der Waals surface area contributed by atoms with Crippen LogP contribution in [0.15, 0.2) is 12.1 Å². The molecule has 0 saturated carbocycles. The average Bonchev–Trinajstić information content (AvgIpc) is 2.85. The molecule has 0 aromatic carbocycles. The van der Waals surface area contributed by atoms with Crippen molar-refractivity contribution in [2.24, 2.45) is 0 Å². The molecule has 2 N–H and O–H groups in total. The molecule has 0 fully saturated rings. The van der Waals surface area contributed by atoms with Crippen LogP contribution in [-0.2, 0) is 6.42 Å². The fourth-order valence-corrected chi connectivity index (χ4v) is 3.37. The van der Waals surface area contributed by atoms with Gasteiger partial charge in [0.1, 0.15) is 0 Å². The van der Waals surface area contributed by atoms with E-state index in [9.17, 15) is 4.79 Å². The number of aryl methyl sites for hydroxylation is 1. The molecule has 2 heterocycles. The van der Waals surface area contributed by atoms with Gasteiger partial charge in [0.05, 0.1) is 4.34 Å². The Morgan fingerprint density at radius 2 is 2.28 bits per heavy atom. The van der Waals surface area contributed by atoms with Crippen LogP contribution in [0, 0.1) is 6.92 Å². The molecule has 0 spiro atoms. The van der Waals surface area contributed by atoms with Gasteiger partial charge >= 0.3 is 5.97 Å². The van der Waals surface area contributed by atoms with Crippen LogP contribution in [0.4, 0.5) is 5.13 Å². The average molecular weight is 303 g/mol. The predicted molar refractivity (Wildman–Crippen MR) is 75.3 cm³/mol. The smallest absolute Gasteiger partial charge is 0.355 e. The summed E-state index contributed by atoms with van der Waals surface area (Å²) in [6, 6.07) is 3.86. The predicted octanol–water partition coefficient (Wildman–Crippen LogP) is 3.52. The van der Waals surface area contributed by atoms with Gasteiger partial charge in [-0.3, -0.25) is 0 Å². The molecule has 0 aliphatic heterocycles. The first-order chi connectivity index (χ1) is 8.56. The fraction of sp³-hybridized carbons (Fsp3) is 0.273. The Morgan fingerprint density at radius 1 is 1.50 bits per heavy atom. The largest absolute Gasteiger partial charge is 0.476 e. The Hall–Kier alpha value is -1.11. The number of hydrogen-bond donors (Lipinski definition) is 2. The maximum atomic E-state index is 10.8. The van der Waals surface area contributed by atoms with Crippen LogP contribution in [-0.4, -0.2) is 22.6 Å². The Morgan fingerprint density at radius 3 is 2.83 bits per heavy atom. The zero-order chi connectivity index (χ0) is 13.1. The summed E-state index contributed by atoms with van der Waals surface area (Å²) in [6.45, 7) is 2.47. The normalized spacial score (nSPS) is 10.6. The number of aromatic nitrogens is 1. The van der Waals surface area contributed by atoms with E-state index >= 15 is 0 Å². The lowest BCUT2D eigenvalue weighted by Gasteiger charge is -1.99. The van der Waals surface area contributed by atoms with E-state index in [2.05, 4.69) is 10.3 Å². The molecule has 18 heavy (non-hydrogen) atoms. The van der Waals surface area contributed by atoms with Crippen LogP contribution in [0.1, 0.15) is 20.2 Å². The number of aromatic carboxylic acids is 1. The first kappa shape index (κ1) is 13.3. The highest BCUT2D eigenvalue weighted by Crippen LogP contribution is 2.23. The van der Waals surface area contributed by atoms with Gasteiger partial charge in [-0.25, -0.2) is 9.78 Å². The first-order valence-electron chi connectivity index (χ1n) is 5.25. The van der Waals surface area contributed by atoms with Crippen molar-refractivity contribution >= 4 is 45.4 Å². The molecule has 96 valence electrons. The number of rotatable bonds is 5. The van der Waals surface area contributed by atoms with Crippen LogP contribution >= 0.6 is 34.3 Å². The maximum Gasteiger partial charge on any atom is 0.355 e. The zero-order valence-electron chi connectivity index (χ0n) is 9.57. The van der Waals surface area contributed by atoms with E-state index in [0.29, 0.717) is 16.6 Å². The highest BCUT2D eigenvalue weighted by atomic mass is 35.5. The molecule has 0 radical (unpaired) electrons. The molecule has 0 aliphatic rings. The number of nitrogens with one attached hydrogen (secondary N) is 1. The minimum atomic E-state index is -0.984. The van der Waals surface area contributed by atoms with E-state index in [-0.39, 0.29) is 5.69 Å². The van der Waals surface area contributed by atoms with E-state index < -0.39 is 5.97 Å². The summed E-state index contributed by atoms with van der Waals surface area (Å²) in [5.41, 5.74) is 0.127. The minimum absolute atomic E-state index is 0.127. The van der Waals surface area contributed by atoms with E-state index in [1.165, 1.54) is 16.2 Å². The Balaban J connectivity index is 1.90. The quantitative estimate of drug-likeness (QED) is 0.887. The summed E-state index contributed by atoms with van der Waals surface area (Å²) < 4.78 is 0.781. The van der Waals surface area contributed by atoms with Gasteiger partial charge in [-0.2, -0.15) is 0 Å². The van der Waals surface area contributed by atoms with Crippen LogP contribution < -0.4 is 5.32 Å². The standard InChI is InChI=1S/C11H11ClN2O2S2/c1-6-9(10(15)16)14-11(17-6)13-5-4-7-2-3-8(12)18-7/h2-3H,4-5H2,1H3,(H,13,14)(H,15,16). The van der Waals surface area contributed by atoms with E-state index in [4.69, 9.17) is 16.7 Å². The van der Waals surface area contributed by atoms with Crippen LogP contribution in [0.25, 0.3) is 0 Å². The first-order valence-corrected chi connectivity index (χ1v) is 7.26. The second-order valence-corrected chi connectivity index (χ2v) is 6.61. The SMILES string of the molecule is Cc1sc(NCCc2ccc(Cl)s2)nc1C(=O)O. The van der Waals surface area contributed by atoms with Crippen molar-refractivity contribution in [3.8, 4) is 0 Å². The monoisotopic (exact) mass is 302 g/mol. The lowest BCUT2D eigenvalue weighted by Crippen LogP contribution is -2.04. The topological polar surface area (TPSA) is 62.2 Å². The van der Waals surface area contributed by atoms with Gasteiger partial charge < -0.3 is 10.4 Å². The van der Waals surface area contributed by atoms with Crippen molar-refractivity contribution in [1.29, 1.82) is 0 Å². The lowest BCUT2D eigenvalue weighted by molar-refractivity contribution is 0.0690. The minimum Gasteiger partial charge on any atom is -0.476 e. The summed E-state index contributed by atoms with van der Waals surface area (Å²) in [4.78, 5) is 16.8. The summed E-state index contributed by atoms with van der Waals surface area (Å²) in [5, 5.41) is 12.7. The molecule has 0 bridgehead atoms. The van der Waals surface area contributed by atoms with Gasteiger partial charge in [0.15, 0.2) is 10.8 Å². The third kappa shape index (κ3) is 3.22. The number of hydrogen-bond acceptors (Lipinski definition) is 5. The van der Waals surface area contributed by atoms with Gasteiger partial charge in [0.25, 0.3) is 0 Å². The molecule has 0 unspecified atom stereocenters. The van der Waals surface area contributed by atoms with Crippen molar-refractivity contribution in [1.82, 2.24) is 4.98 Å². The fourth-order valence-electron chi connectivity index (χ4n) is 1.45. The van der Waals surface area contributed by atoms with Crippen molar-refractivity contribution in [2.75, 3.05) is 11.9 Å². The summed E-state index contributed by atoms with van der Waals surface area (Å²) in [6.07, 6.45) is 0.846. The Bertz CT molecular complexity index is 565. The Kier molecular flexibility index (Phi) is 4.21. The third-order valence-corrected chi connectivity index (χ3v) is 4.50. The summed E-state index contributed by atoms with van der Waals surface area (Å²) in [7, 11) is 0. The number of anilines is 1. The van der Waals surface area contributed by atoms with Gasteiger partial charge in [0.2, 0.25) is 0 Å². The second-order valence-electron chi connectivity index (χ2n) is 3.61. The van der Waals surface area contributed by atoms with Crippen molar-refractivity contribution in [3.63, 3.8) is 0 Å². The lowest BCUT2D eigenvalue weighted by atomic mass is 10.3. The molecular weight excluding hydrogens is 292 g/mol. The maximum absolute atomic E-state index is 10.8. The van der Waals surface area contributed by atoms with Crippen molar-refractivity contribution < 1.29 is 9.90 Å². The molecule has 0 atom stereocenters. The van der Waals surface area contributed by atoms with E-state index in [0.717, 1.165) is 10.8 Å². The third-order valence-electron chi connectivity index (χ3n) is 2.28. The van der Waals surface area contributed by atoms with Crippen LogP contribution in [0.3, 0.4) is 0 Å². The second kappa shape index (κ2) is 5.69. The molecule has 2 rings (SSSR count). The van der Waals surface area contributed by atoms with Gasteiger partial charge in [-0.05, 0) is 25.5 Å². The molecule has 4 nitrogen and oxygen atoms in total. The van der Waals surface area contributed by atoms with Gasteiger partial charge in [-0.15, -0.1) is 22.7 Å². The number of carbonyl (C=O) groups is 1. The molecule has 7 heteroatoms. The zero-order valence-corrected chi connectivity index (χ0v) is 12.0. The van der Waals surface area contributed by atoms with Gasteiger partial charge in [0, 0.05) is 16.3 Å². The molecule has 0 aliphatic carbocycles. The van der Waals surface area contributed by atoms with E-state index in [1.807, 2.05) is 12.1 Å². The summed E-state index contributed by atoms with van der Waals surface area (Å²) >= 11 is 8.75. The Labute approximate surface area is 117 Å². The summed E-state index contributed by atoms with van der Waals surface area (Å²) in [5.74, 6) is -0.984. The number of thiophene rings is 1. The molecule has 0 saturated heterocycles. The van der Waals surface area contributed by atoms with Crippen LogP contribution in [0.2, 0.25) is 4.34 Å². The van der Waals surface area contributed by atoms with Crippen LogP contribution in [0.5, 0.6) is 0 Å². The molecule has 0 amide bonds. The van der Waals surface area contributed by atoms with E-state index in [1.54, 1.807) is 18.3 Å². The number of nitrogens with zero attached hydrogens (tertiary/aromatic N) is 1. The van der Waals surface area contributed by atoms with Crippen molar-refractivity contribution in [3.05, 3.63) is 31.9 Å². The number of halogens is 1. The number of thiazole rings is 1. The van der Waals surface area contributed by atoms with Crippen molar-refractivity contribution in [2.45, 2.75) is 13.3 Å². The van der Waals surface area contributed by atoms with Gasteiger partial charge in [-0.1, -0.05) is 11.6 Å². The number of carboxylic acids is 1. The molecule has 2 aromatic heterocycles.